The summed E-state index contributed by atoms with van der Waals surface area (Å²) < 4.78 is 2.03. The van der Waals surface area contributed by atoms with Crippen LogP contribution in [0.25, 0.3) is 0 Å². The molecule has 1 aromatic heterocycles. The summed E-state index contributed by atoms with van der Waals surface area (Å²) in [5, 5.41) is 8.40. The second-order valence-electron chi connectivity index (χ2n) is 5.43. The molecule has 0 amide bonds. The van der Waals surface area contributed by atoms with E-state index in [9.17, 15) is 0 Å². The fourth-order valence-electron chi connectivity index (χ4n) is 1.89. The first-order chi connectivity index (χ1) is 8.54. The second kappa shape index (κ2) is 7.74. The monoisotopic (exact) mass is 272 g/mol. The van der Waals surface area contributed by atoms with Crippen LogP contribution in [0.1, 0.15) is 38.1 Å². The van der Waals surface area contributed by atoms with Crippen molar-refractivity contribution in [1.29, 1.82) is 0 Å². The Morgan fingerprint density at radius 1 is 1.33 bits per heavy atom. The van der Waals surface area contributed by atoms with Crippen LogP contribution in [0.5, 0.6) is 0 Å². The largest absolute Gasteiger partial charge is 0.309 e. The molecule has 0 radical (unpaired) electrons. The molecule has 1 heterocycles. The lowest BCUT2D eigenvalue weighted by molar-refractivity contribution is 0.375. The van der Waals surface area contributed by atoms with Crippen molar-refractivity contribution >= 4 is 11.6 Å². The minimum Gasteiger partial charge on any atom is -0.309 e. The third kappa shape index (κ3) is 4.94. The van der Waals surface area contributed by atoms with Crippen LogP contribution in [0, 0.1) is 5.92 Å². The molecule has 0 fully saturated rings. The van der Waals surface area contributed by atoms with Crippen LogP contribution in [0.2, 0.25) is 0 Å². The molecular weight excluding hydrogens is 248 g/mol. The Bertz CT molecular complexity index is 347. The lowest BCUT2D eigenvalue weighted by Gasteiger charge is -2.11. The maximum atomic E-state index is 5.92. The van der Waals surface area contributed by atoms with E-state index >= 15 is 0 Å². The van der Waals surface area contributed by atoms with Crippen molar-refractivity contribution < 1.29 is 0 Å². The zero-order chi connectivity index (χ0) is 13.5. The SMILES string of the molecule is CC(C)CCc1c(CCl)nnn1CCCN(C)C. The van der Waals surface area contributed by atoms with Crippen LogP contribution in [0.15, 0.2) is 0 Å². The van der Waals surface area contributed by atoms with Gasteiger partial charge in [-0.2, -0.15) is 0 Å². The van der Waals surface area contributed by atoms with Gasteiger partial charge in [0, 0.05) is 6.54 Å². The molecule has 4 nitrogen and oxygen atoms in total. The van der Waals surface area contributed by atoms with Gasteiger partial charge in [0.05, 0.1) is 11.6 Å². The van der Waals surface area contributed by atoms with Gasteiger partial charge < -0.3 is 4.90 Å². The maximum Gasteiger partial charge on any atom is 0.101 e. The number of alkyl halides is 1. The van der Waals surface area contributed by atoms with Crippen LogP contribution >= 0.6 is 11.6 Å². The van der Waals surface area contributed by atoms with E-state index in [1.165, 1.54) is 5.69 Å². The minimum atomic E-state index is 0.459. The average molecular weight is 273 g/mol. The molecule has 104 valence electrons. The molecule has 0 aliphatic heterocycles. The summed E-state index contributed by atoms with van der Waals surface area (Å²) in [6.07, 6.45) is 3.27. The topological polar surface area (TPSA) is 34.0 Å². The molecular formula is C13H25ClN4. The van der Waals surface area contributed by atoms with Gasteiger partial charge in [0.2, 0.25) is 0 Å². The van der Waals surface area contributed by atoms with Crippen LogP contribution in [0.3, 0.4) is 0 Å². The third-order valence-electron chi connectivity index (χ3n) is 2.98. The van der Waals surface area contributed by atoms with Gasteiger partial charge in [0.1, 0.15) is 5.69 Å². The van der Waals surface area contributed by atoms with E-state index in [0.29, 0.717) is 11.8 Å². The van der Waals surface area contributed by atoms with Gasteiger partial charge in [-0.1, -0.05) is 19.1 Å². The molecule has 0 saturated heterocycles. The normalized spacial score (nSPS) is 11.7. The molecule has 1 rings (SSSR count). The van der Waals surface area contributed by atoms with E-state index < -0.39 is 0 Å². The van der Waals surface area contributed by atoms with Gasteiger partial charge in [-0.15, -0.1) is 16.7 Å². The molecule has 0 aromatic carbocycles. The van der Waals surface area contributed by atoms with Crippen LogP contribution < -0.4 is 0 Å². The van der Waals surface area contributed by atoms with E-state index in [1.54, 1.807) is 0 Å². The number of aryl methyl sites for hydroxylation is 1. The predicted molar refractivity (Wildman–Crippen MR) is 75.9 cm³/mol. The van der Waals surface area contributed by atoms with Gasteiger partial charge in [-0.25, -0.2) is 4.68 Å². The standard InChI is InChI=1S/C13H25ClN4/c1-11(2)6-7-13-12(10-14)15-16-18(13)9-5-8-17(3)4/h11H,5-10H2,1-4H3. The summed E-state index contributed by atoms with van der Waals surface area (Å²) in [4.78, 5) is 2.19. The van der Waals surface area contributed by atoms with E-state index in [-0.39, 0.29) is 0 Å². The second-order valence-corrected chi connectivity index (χ2v) is 5.70. The molecule has 0 spiro atoms. The summed E-state index contributed by atoms with van der Waals surface area (Å²) in [5.74, 6) is 1.15. The number of aromatic nitrogens is 3. The molecule has 0 bridgehead atoms. The average Bonchev–Trinajstić information content (AvgIpc) is 2.68. The zero-order valence-corrected chi connectivity index (χ0v) is 12.7. The number of hydrogen-bond acceptors (Lipinski definition) is 3. The summed E-state index contributed by atoms with van der Waals surface area (Å²) in [5.41, 5.74) is 2.17. The van der Waals surface area contributed by atoms with Gasteiger partial charge >= 0.3 is 0 Å². The van der Waals surface area contributed by atoms with Crippen molar-refractivity contribution in [3.8, 4) is 0 Å². The minimum absolute atomic E-state index is 0.459. The molecule has 0 atom stereocenters. The van der Waals surface area contributed by atoms with Gasteiger partial charge in [0.25, 0.3) is 0 Å². The Kier molecular flexibility index (Phi) is 6.65. The molecule has 0 aliphatic rings. The van der Waals surface area contributed by atoms with Crippen molar-refractivity contribution in [2.45, 2.75) is 45.5 Å². The molecule has 0 aliphatic carbocycles. The lowest BCUT2D eigenvalue weighted by atomic mass is 10.1. The number of nitrogens with zero attached hydrogens (tertiary/aromatic N) is 4. The molecule has 0 N–H and O–H groups in total. The van der Waals surface area contributed by atoms with Crippen molar-refractivity contribution in [2.75, 3.05) is 20.6 Å². The van der Waals surface area contributed by atoms with E-state index in [2.05, 4.69) is 43.2 Å². The quantitative estimate of drug-likeness (QED) is 0.682. The molecule has 0 unspecified atom stereocenters. The number of rotatable bonds is 8. The highest BCUT2D eigenvalue weighted by Gasteiger charge is 2.12. The lowest BCUT2D eigenvalue weighted by Crippen LogP contribution is -2.16. The van der Waals surface area contributed by atoms with Crippen molar-refractivity contribution in [3.63, 3.8) is 0 Å². The smallest absolute Gasteiger partial charge is 0.101 e. The molecule has 0 saturated carbocycles. The van der Waals surface area contributed by atoms with E-state index in [1.807, 2.05) is 4.68 Å². The first-order valence-corrected chi connectivity index (χ1v) is 7.20. The van der Waals surface area contributed by atoms with Crippen molar-refractivity contribution in [1.82, 2.24) is 19.9 Å². The Balaban J connectivity index is 2.62. The predicted octanol–water partition coefficient (Wildman–Crippen LogP) is 2.56. The first-order valence-electron chi connectivity index (χ1n) is 6.66. The van der Waals surface area contributed by atoms with Gasteiger partial charge in [-0.05, 0) is 45.8 Å². The van der Waals surface area contributed by atoms with E-state index in [4.69, 9.17) is 11.6 Å². The Morgan fingerprint density at radius 2 is 2.06 bits per heavy atom. The highest BCUT2D eigenvalue weighted by Crippen LogP contribution is 2.14. The Hall–Kier alpha value is -0.610. The summed E-state index contributed by atoms with van der Waals surface area (Å²) in [7, 11) is 4.18. The fraction of sp³-hybridized carbons (Fsp3) is 0.846. The summed E-state index contributed by atoms with van der Waals surface area (Å²) in [6, 6.07) is 0. The van der Waals surface area contributed by atoms with Gasteiger partial charge in [0.15, 0.2) is 0 Å². The maximum absolute atomic E-state index is 5.92. The molecule has 1 aromatic rings. The van der Waals surface area contributed by atoms with Crippen LogP contribution in [-0.2, 0) is 18.8 Å². The zero-order valence-electron chi connectivity index (χ0n) is 12.0. The van der Waals surface area contributed by atoms with Crippen LogP contribution in [0.4, 0.5) is 0 Å². The Morgan fingerprint density at radius 3 is 2.61 bits per heavy atom. The molecule has 18 heavy (non-hydrogen) atoms. The van der Waals surface area contributed by atoms with E-state index in [0.717, 1.165) is 38.0 Å². The molecule has 5 heteroatoms. The summed E-state index contributed by atoms with van der Waals surface area (Å²) >= 11 is 5.92. The Labute approximate surface area is 115 Å². The summed E-state index contributed by atoms with van der Waals surface area (Å²) in [6.45, 7) is 6.47. The first kappa shape index (κ1) is 15.4. The van der Waals surface area contributed by atoms with Crippen LogP contribution in [-0.4, -0.2) is 40.5 Å². The van der Waals surface area contributed by atoms with Gasteiger partial charge in [-0.3, -0.25) is 0 Å². The number of hydrogen-bond donors (Lipinski definition) is 0. The number of halogens is 1. The van der Waals surface area contributed by atoms with Crippen molar-refractivity contribution in [3.05, 3.63) is 11.4 Å². The third-order valence-corrected chi connectivity index (χ3v) is 3.23. The highest BCUT2D eigenvalue weighted by atomic mass is 35.5. The fourth-order valence-corrected chi connectivity index (χ4v) is 2.10. The highest BCUT2D eigenvalue weighted by molar-refractivity contribution is 6.16. The van der Waals surface area contributed by atoms with Crippen molar-refractivity contribution in [2.24, 2.45) is 5.92 Å².